The average molecular weight is 568 g/mol. The molecular weight excluding hydrogens is 526 g/mol. The molecule has 1 heterocycles. The van der Waals surface area contributed by atoms with Crippen LogP contribution in [0.5, 0.6) is 5.75 Å². The lowest BCUT2D eigenvalue weighted by Crippen LogP contribution is -2.53. The van der Waals surface area contributed by atoms with Gasteiger partial charge in [-0.15, -0.1) is 0 Å². The van der Waals surface area contributed by atoms with Crippen LogP contribution in [0.15, 0.2) is 24.3 Å². The van der Waals surface area contributed by atoms with Crippen molar-refractivity contribution in [1.29, 1.82) is 0 Å². The van der Waals surface area contributed by atoms with Gasteiger partial charge in [-0.3, -0.25) is 23.4 Å². The van der Waals surface area contributed by atoms with Crippen molar-refractivity contribution in [3.05, 3.63) is 29.8 Å². The number of nitrogens with one attached hydrogen (secondary N) is 2. The van der Waals surface area contributed by atoms with Crippen molar-refractivity contribution >= 4 is 40.7 Å². The van der Waals surface area contributed by atoms with E-state index < -0.39 is 39.8 Å². The third-order valence-corrected chi connectivity index (χ3v) is 9.48. The summed E-state index contributed by atoms with van der Waals surface area (Å²) in [7, 11) is 0.0716. The number of carbonyl (C=O) groups excluding carboxylic acids is 3. The predicted molar refractivity (Wildman–Crippen MR) is 150 cm³/mol. The van der Waals surface area contributed by atoms with E-state index in [1.807, 2.05) is 12.1 Å². The molecule has 1 saturated heterocycles. The van der Waals surface area contributed by atoms with Crippen LogP contribution in [0.2, 0.25) is 0 Å². The maximum atomic E-state index is 13.0. The number of methoxy groups -OCH3 is 1. The van der Waals surface area contributed by atoms with Gasteiger partial charge in [-0.25, -0.2) is 4.79 Å². The molecule has 1 unspecified atom stereocenters. The molecule has 2 N–H and O–H groups in total. The lowest BCUT2D eigenvalue weighted by Gasteiger charge is -2.30. The molecule has 3 rings (SSSR count). The average Bonchev–Trinajstić information content (AvgIpc) is 3.27. The van der Waals surface area contributed by atoms with Gasteiger partial charge in [0.15, 0.2) is 5.37 Å². The normalized spacial score (nSPS) is 21.9. The Morgan fingerprint density at radius 2 is 1.79 bits per heavy atom. The maximum absolute atomic E-state index is 13.0. The van der Waals surface area contributed by atoms with Crippen LogP contribution in [0.1, 0.15) is 65.4 Å². The van der Waals surface area contributed by atoms with Crippen molar-refractivity contribution in [3.8, 4) is 5.75 Å². The SMILES string of the molecule is COc1ccc(CC(SNC(=O)[C@@H](C)NC(=O)[C@@H]2N(C(=O)OC(C)(C)C)CC[S@]2=O)C2CCCCC2)cc1. The van der Waals surface area contributed by atoms with Crippen molar-refractivity contribution in [3.63, 3.8) is 0 Å². The van der Waals surface area contributed by atoms with Crippen LogP contribution in [0.3, 0.4) is 0 Å². The molecule has 1 saturated carbocycles. The summed E-state index contributed by atoms with van der Waals surface area (Å²) in [6.07, 6.45) is 6.01. The molecule has 2 fully saturated rings. The van der Waals surface area contributed by atoms with Gasteiger partial charge in [0.2, 0.25) is 0 Å². The van der Waals surface area contributed by atoms with E-state index in [9.17, 15) is 18.6 Å². The van der Waals surface area contributed by atoms with Crippen molar-refractivity contribution < 1.29 is 28.1 Å². The zero-order valence-electron chi connectivity index (χ0n) is 23.0. The smallest absolute Gasteiger partial charge is 0.411 e. The van der Waals surface area contributed by atoms with Crippen molar-refractivity contribution in [2.75, 3.05) is 19.4 Å². The number of rotatable bonds is 9. The fourth-order valence-corrected chi connectivity index (χ4v) is 7.27. The second-order valence-electron chi connectivity index (χ2n) is 10.9. The van der Waals surface area contributed by atoms with E-state index in [0.717, 1.165) is 25.0 Å². The van der Waals surface area contributed by atoms with Crippen LogP contribution in [0, 0.1) is 5.92 Å². The minimum atomic E-state index is -1.57. The summed E-state index contributed by atoms with van der Waals surface area (Å²) in [4.78, 5) is 39.7. The first-order chi connectivity index (χ1) is 18.0. The molecule has 212 valence electrons. The minimum Gasteiger partial charge on any atom is -0.497 e. The van der Waals surface area contributed by atoms with Crippen LogP contribution in [-0.4, -0.2) is 68.7 Å². The highest BCUT2D eigenvalue weighted by Gasteiger charge is 2.42. The van der Waals surface area contributed by atoms with Gasteiger partial charge in [-0.2, -0.15) is 0 Å². The van der Waals surface area contributed by atoms with Crippen LogP contribution in [0.4, 0.5) is 4.79 Å². The first-order valence-corrected chi connectivity index (χ1v) is 15.5. The highest BCUT2D eigenvalue weighted by molar-refractivity contribution is 7.98. The Hall–Kier alpha value is -2.27. The molecule has 0 aromatic heterocycles. The number of benzene rings is 1. The fourth-order valence-electron chi connectivity index (χ4n) is 4.70. The standard InChI is InChI=1S/C27H41N3O6S2/c1-18(28-24(32)25-30(15-16-38(25)34)26(33)36-27(2,3)4)23(31)29-37-22(20-9-7-6-8-10-20)17-19-11-13-21(35-5)14-12-19/h11-14,18,20,22,25H,6-10,15-17H2,1-5H3,(H,28,32)(H,29,31)/t18-,22?,25-,38-/m1/s1. The topological polar surface area (TPSA) is 114 Å². The molecule has 0 radical (unpaired) electrons. The number of hydrogen-bond acceptors (Lipinski definition) is 7. The third kappa shape index (κ3) is 8.62. The van der Waals surface area contributed by atoms with E-state index in [1.165, 1.54) is 41.7 Å². The highest BCUT2D eigenvalue weighted by atomic mass is 32.2. The van der Waals surface area contributed by atoms with E-state index >= 15 is 0 Å². The Morgan fingerprint density at radius 3 is 2.39 bits per heavy atom. The van der Waals surface area contributed by atoms with Crippen molar-refractivity contribution in [2.24, 2.45) is 5.92 Å². The summed E-state index contributed by atoms with van der Waals surface area (Å²) in [5.74, 6) is 0.515. The molecule has 1 aliphatic heterocycles. The van der Waals surface area contributed by atoms with Crippen LogP contribution < -0.4 is 14.8 Å². The summed E-state index contributed by atoms with van der Waals surface area (Å²) in [5, 5.41) is 1.66. The third-order valence-electron chi connectivity index (χ3n) is 6.75. The Bertz CT molecular complexity index is 992. The number of amides is 3. The van der Waals surface area contributed by atoms with E-state index in [1.54, 1.807) is 34.8 Å². The number of hydrogen-bond donors (Lipinski definition) is 2. The van der Waals surface area contributed by atoms with Crippen LogP contribution in [-0.2, 0) is 31.5 Å². The lowest BCUT2D eigenvalue weighted by atomic mass is 9.85. The summed E-state index contributed by atoms with van der Waals surface area (Å²) in [6.45, 7) is 6.93. The number of carbonyl (C=O) groups is 3. The second-order valence-corrected chi connectivity index (χ2v) is 13.6. The van der Waals surface area contributed by atoms with E-state index in [2.05, 4.69) is 22.2 Å². The zero-order valence-corrected chi connectivity index (χ0v) is 24.6. The molecule has 38 heavy (non-hydrogen) atoms. The van der Waals surface area contributed by atoms with E-state index in [-0.39, 0.29) is 23.5 Å². The summed E-state index contributed by atoms with van der Waals surface area (Å²) in [6, 6.07) is 7.14. The molecule has 3 amide bonds. The van der Waals surface area contributed by atoms with Gasteiger partial charge in [0.05, 0.1) is 17.9 Å². The quantitative estimate of drug-likeness (QED) is 0.437. The van der Waals surface area contributed by atoms with Gasteiger partial charge in [-0.1, -0.05) is 31.4 Å². The lowest BCUT2D eigenvalue weighted by molar-refractivity contribution is -0.128. The Kier molecular flexibility index (Phi) is 10.9. The Morgan fingerprint density at radius 1 is 1.13 bits per heavy atom. The molecule has 4 atom stereocenters. The van der Waals surface area contributed by atoms with Crippen molar-refractivity contribution in [1.82, 2.24) is 14.9 Å². The fraction of sp³-hybridized carbons (Fsp3) is 0.667. The Balaban J connectivity index is 1.59. The second kappa shape index (κ2) is 13.7. The van der Waals surface area contributed by atoms with Gasteiger partial charge < -0.3 is 14.8 Å². The molecule has 1 aromatic carbocycles. The molecule has 0 spiro atoms. The van der Waals surface area contributed by atoms with Crippen molar-refractivity contribution in [2.45, 2.75) is 88.5 Å². The van der Waals surface area contributed by atoms with Crippen LogP contribution in [0.25, 0.3) is 0 Å². The minimum absolute atomic E-state index is 0.157. The largest absolute Gasteiger partial charge is 0.497 e. The summed E-state index contributed by atoms with van der Waals surface area (Å²) < 4.78 is 26.1. The van der Waals surface area contributed by atoms with Gasteiger partial charge >= 0.3 is 6.09 Å². The van der Waals surface area contributed by atoms with E-state index in [0.29, 0.717) is 5.92 Å². The summed E-state index contributed by atoms with van der Waals surface area (Å²) >= 11 is 1.41. The summed E-state index contributed by atoms with van der Waals surface area (Å²) in [5.41, 5.74) is 0.434. The molecule has 2 aliphatic rings. The highest BCUT2D eigenvalue weighted by Crippen LogP contribution is 2.34. The zero-order chi connectivity index (χ0) is 27.9. The first-order valence-electron chi connectivity index (χ1n) is 13.2. The Labute approximate surface area is 232 Å². The molecule has 11 heteroatoms. The van der Waals surface area contributed by atoms with E-state index in [4.69, 9.17) is 9.47 Å². The van der Waals surface area contributed by atoms with Gasteiger partial charge in [0.25, 0.3) is 11.8 Å². The predicted octanol–water partition coefficient (Wildman–Crippen LogP) is 3.78. The molecule has 1 aromatic rings. The number of ether oxygens (including phenoxy) is 2. The van der Waals surface area contributed by atoms with Gasteiger partial charge in [-0.05, 0) is 82.5 Å². The number of nitrogens with zero attached hydrogens (tertiary/aromatic N) is 1. The maximum Gasteiger partial charge on any atom is 0.411 e. The van der Waals surface area contributed by atoms with Gasteiger partial charge in [0.1, 0.15) is 17.4 Å². The first kappa shape index (κ1) is 30.3. The van der Waals surface area contributed by atoms with Gasteiger partial charge in [0, 0.05) is 17.5 Å². The van der Waals surface area contributed by atoms with Crippen LogP contribution >= 0.6 is 11.9 Å². The molecule has 9 nitrogen and oxygen atoms in total. The monoisotopic (exact) mass is 567 g/mol. The molecular formula is C27H41N3O6S2. The molecule has 0 bridgehead atoms. The molecule has 1 aliphatic carbocycles.